The molecule has 132 valence electrons. The van der Waals surface area contributed by atoms with Gasteiger partial charge < -0.3 is 14.8 Å². The Kier molecular flexibility index (Phi) is 6.51. The second-order valence-electron chi connectivity index (χ2n) is 5.48. The Morgan fingerprint density at radius 2 is 1.72 bits per heavy atom. The van der Waals surface area contributed by atoms with Crippen molar-refractivity contribution in [2.45, 2.75) is 26.4 Å². The van der Waals surface area contributed by atoms with Crippen LogP contribution in [0.4, 0.5) is 10.1 Å². The Bertz CT molecular complexity index is 713. The van der Waals surface area contributed by atoms with Crippen molar-refractivity contribution in [3.63, 3.8) is 0 Å². The summed E-state index contributed by atoms with van der Waals surface area (Å²) in [7, 11) is 0. The number of carbonyl (C=O) groups is 2. The first-order valence-electron chi connectivity index (χ1n) is 7.97. The van der Waals surface area contributed by atoms with Crippen molar-refractivity contribution in [2.75, 3.05) is 11.9 Å². The smallest absolute Gasteiger partial charge is 0.344 e. The lowest BCUT2D eigenvalue weighted by atomic mass is 10.2. The molecule has 0 saturated heterocycles. The average Bonchev–Trinajstić information content (AvgIpc) is 2.62. The van der Waals surface area contributed by atoms with Crippen LogP contribution in [-0.4, -0.2) is 24.6 Å². The fraction of sp³-hybridized carbons (Fsp3) is 0.263. The molecular weight excluding hydrogens is 325 g/mol. The number of esters is 1. The maximum atomic E-state index is 12.9. The first-order valence-corrected chi connectivity index (χ1v) is 7.97. The topological polar surface area (TPSA) is 64.6 Å². The maximum absolute atomic E-state index is 12.9. The average molecular weight is 345 g/mol. The first-order chi connectivity index (χ1) is 12.0. The normalized spacial score (nSPS) is 11.5. The second-order valence-corrected chi connectivity index (χ2v) is 5.48. The van der Waals surface area contributed by atoms with E-state index < -0.39 is 5.97 Å². The van der Waals surface area contributed by atoms with Gasteiger partial charge in [-0.2, -0.15) is 0 Å². The molecule has 0 saturated carbocycles. The number of amides is 1. The highest BCUT2D eigenvalue weighted by atomic mass is 19.1. The summed E-state index contributed by atoms with van der Waals surface area (Å²) in [6.45, 7) is 3.55. The molecule has 5 nitrogen and oxygen atoms in total. The predicted octanol–water partition coefficient (Wildman–Crippen LogP) is 3.80. The molecule has 1 atom stereocenters. The third kappa shape index (κ3) is 5.91. The zero-order valence-corrected chi connectivity index (χ0v) is 14.1. The van der Waals surface area contributed by atoms with E-state index >= 15 is 0 Å². The van der Waals surface area contributed by atoms with Crippen molar-refractivity contribution in [3.05, 3.63) is 59.9 Å². The number of hydrogen-bond acceptors (Lipinski definition) is 4. The van der Waals surface area contributed by atoms with Gasteiger partial charge in [-0.05, 0) is 61.9 Å². The quantitative estimate of drug-likeness (QED) is 0.775. The van der Waals surface area contributed by atoms with Gasteiger partial charge in [0.15, 0.2) is 6.61 Å². The van der Waals surface area contributed by atoms with Crippen LogP contribution in [0.25, 0.3) is 0 Å². The van der Waals surface area contributed by atoms with Crippen LogP contribution in [0, 0.1) is 5.82 Å². The van der Waals surface area contributed by atoms with Crippen LogP contribution in [0.5, 0.6) is 5.75 Å². The summed E-state index contributed by atoms with van der Waals surface area (Å²) in [6, 6.07) is 11.8. The largest absolute Gasteiger partial charge is 0.482 e. The van der Waals surface area contributed by atoms with Crippen LogP contribution >= 0.6 is 0 Å². The summed E-state index contributed by atoms with van der Waals surface area (Å²) in [5.74, 6) is -0.674. The van der Waals surface area contributed by atoms with Crippen LogP contribution in [-0.2, 0) is 9.53 Å². The molecule has 2 rings (SSSR count). The zero-order valence-electron chi connectivity index (χ0n) is 14.1. The van der Waals surface area contributed by atoms with Gasteiger partial charge >= 0.3 is 5.97 Å². The summed E-state index contributed by atoms with van der Waals surface area (Å²) < 4.78 is 23.3. The van der Waals surface area contributed by atoms with Gasteiger partial charge in [0.25, 0.3) is 5.91 Å². The van der Waals surface area contributed by atoms with E-state index in [9.17, 15) is 14.0 Å². The lowest BCUT2D eigenvalue weighted by molar-refractivity contribution is -0.150. The predicted molar refractivity (Wildman–Crippen MR) is 92.1 cm³/mol. The van der Waals surface area contributed by atoms with Crippen LogP contribution in [0.1, 0.15) is 30.6 Å². The van der Waals surface area contributed by atoms with Gasteiger partial charge in [-0.15, -0.1) is 0 Å². The fourth-order valence-electron chi connectivity index (χ4n) is 1.92. The molecule has 0 spiro atoms. The summed E-state index contributed by atoms with van der Waals surface area (Å²) >= 11 is 0. The molecule has 1 amide bonds. The number of rotatable bonds is 7. The third-order valence-electron chi connectivity index (χ3n) is 3.48. The Labute approximate surface area is 145 Å². The van der Waals surface area contributed by atoms with Gasteiger partial charge in [-0.25, -0.2) is 9.18 Å². The Balaban J connectivity index is 1.87. The summed E-state index contributed by atoms with van der Waals surface area (Å²) in [5, 5.41) is 2.66. The first kappa shape index (κ1) is 18.4. The standard InChI is InChI=1S/C19H20FNO4/c1-3-13(2)25-18(22)12-24-17-10-4-14(5-11-17)19(23)21-16-8-6-15(20)7-9-16/h4-11,13H,3,12H2,1-2H3,(H,21,23)/t13-/m1/s1. The minimum absolute atomic E-state index is 0.145. The molecule has 0 aromatic heterocycles. The van der Waals surface area contributed by atoms with Gasteiger partial charge in [-0.1, -0.05) is 6.92 Å². The number of hydrogen-bond donors (Lipinski definition) is 1. The van der Waals surface area contributed by atoms with Crippen molar-refractivity contribution in [3.8, 4) is 5.75 Å². The SMILES string of the molecule is CC[C@@H](C)OC(=O)COc1ccc(C(=O)Nc2ccc(F)cc2)cc1. The van der Waals surface area contributed by atoms with Crippen LogP contribution < -0.4 is 10.1 Å². The van der Waals surface area contributed by atoms with Crippen molar-refractivity contribution >= 4 is 17.6 Å². The molecule has 0 heterocycles. The number of halogens is 1. The van der Waals surface area contributed by atoms with E-state index in [0.29, 0.717) is 17.0 Å². The molecule has 0 aliphatic heterocycles. The lowest BCUT2D eigenvalue weighted by Crippen LogP contribution is -2.20. The van der Waals surface area contributed by atoms with E-state index in [1.54, 1.807) is 24.3 Å². The summed E-state index contributed by atoms with van der Waals surface area (Å²) in [6.07, 6.45) is 0.595. The van der Waals surface area contributed by atoms with Gasteiger partial charge in [0.05, 0.1) is 6.10 Å². The molecule has 0 unspecified atom stereocenters. The molecule has 2 aromatic carbocycles. The highest BCUT2D eigenvalue weighted by molar-refractivity contribution is 6.04. The molecule has 6 heteroatoms. The molecule has 0 radical (unpaired) electrons. The monoisotopic (exact) mass is 345 g/mol. The molecule has 0 bridgehead atoms. The van der Waals surface area contributed by atoms with E-state index in [1.807, 2.05) is 13.8 Å². The second kappa shape index (κ2) is 8.82. The van der Waals surface area contributed by atoms with Crippen LogP contribution in [0.2, 0.25) is 0 Å². The Morgan fingerprint density at radius 3 is 2.32 bits per heavy atom. The number of carbonyl (C=O) groups excluding carboxylic acids is 2. The number of ether oxygens (including phenoxy) is 2. The molecule has 0 aliphatic carbocycles. The minimum Gasteiger partial charge on any atom is -0.482 e. The lowest BCUT2D eigenvalue weighted by Gasteiger charge is -2.11. The van der Waals surface area contributed by atoms with Gasteiger partial charge in [0.1, 0.15) is 11.6 Å². The van der Waals surface area contributed by atoms with E-state index in [1.165, 1.54) is 24.3 Å². The van der Waals surface area contributed by atoms with Gasteiger partial charge in [0, 0.05) is 11.3 Å². The Morgan fingerprint density at radius 1 is 1.08 bits per heavy atom. The molecule has 25 heavy (non-hydrogen) atoms. The van der Waals surface area contributed by atoms with Crippen molar-refractivity contribution < 1.29 is 23.5 Å². The van der Waals surface area contributed by atoms with E-state index in [-0.39, 0.29) is 24.4 Å². The summed E-state index contributed by atoms with van der Waals surface area (Å²) in [5.41, 5.74) is 0.915. The van der Waals surface area contributed by atoms with Gasteiger partial charge in [0.2, 0.25) is 0 Å². The van der Waals surface area contributed by atoms with Crippen molar-refractivity contribution in [2.24, 2.45) is 0 Å². The number of nitrogens with one attached hydrogen (secondary N) is 1. The van der Waals surface area contributed by atoms with E-state index in [4.69, 9.17) is 9.47 Å². The van der Waals surface area contributed by atoms with Crippen LogP contribution in [0.15, 0.2) is 48.5 Å². The van der Waals surface area contributed by atoms with Crippen LogP contribution in [0.3, 0.4) is 0 Å². The van der Waals surface area contributed by atoms with E-state index in [0.717, 1.165) is 6.42 Å². The highest BCUT2D eigenvalue weighted by Crippen LogP contribution is 2.15. The van der Waals surface area contributed by atoms with Crippen molar-refractivity contribution in [1.29, 1.82) is 0 Å². The molecule has 1 N–H and O–H groups in total. The van der Waals surface area contributed by atoms with E-state index in [2.05, 4.69) is 5.32 Å². The molecule has 0 aliphatic rings. The molecule has 2 aromatic rings. The summed E-state index contributed by atoms with van der Waals surface area (Å²) in [4.78, 5) is 23.7. The Hall–Kier alpha value is -2.89. The zero-order chi connectivity index (χ0) is 18.2. The fourth-order valence-corrected chi connectivity index (χ4v) is 1.92. The van der Waals surface area contributed by atoms with Gasteiger partial charge in [-0.3, -0.25) is 4.79 Å². The van der Waals surface area contributed by atoms with Crippen molar-refractivity contribution in [1.82, 2.24) is 0 Å². The maximum Gasteiger partial charge on any atom is 0.344 e. The third-order valence-corrected chi connectivity index (χ3v) is 3.48. The molecular formula is C19H20FNO4. The molecule has 0 fully saturated rings. The minimum atomic E-state index is -0.438. The number of benzene rings is 2. The number of anilines is 1. The highest BCUT2D eigenvalue weighted by Gasteiger charge is 2.10.